The Hall–Kier alpha value is -2.37. The number of esters is 1. The maximum absolute atomic E-state index is 12.8. The van der Waals surface area contributed by atoms with E-state index in [9.17, 15) is 19.5 Å². The van der Waals surface area contributed by atoms with Gasteiger partial charge in [0.2, 0.25) is 5.91 Å². The van der Waals surface area contributed by atoms with Crippen molar-refractivity contribution in [3.8, 4) is 0 Å². The number of aryl methyl sites for hydroxylation is 2. The fraction of sp³-hybridized carbons (Fsp3) is 0.550. The summed E-state index contributed by atoms with van der Waals surface area (Å²) < 4.78 is 4.77. The van der Waals surface area contributed by atoms with Gasteiger partial charge in [0.25, 0.3) is 0 Å². The summed E-state index contributed by atoms with van der Waals surface area (Å²) >= 11 is 0. The van der Waals surface area contributed by atoms with Crippen LogP contribution in [-0.2, 0) is 19.1 Å². The number of methoxy groups -OCH3 is 1. The van der Waals surface area contributed by atoms with Gasteiger partial charge < -0.3 is 15.2 Å². The van der Waals surface area contributed by atoms with E-state index in [0.717, 1.165) is 29.5 Å². The van der Waals surface area contributed by atoms with Gasteiger partial charge in [0.1, 0.15) is 0 Å². The third-order valence-electron chi connectivity index (χ3n) is 5.15. The fourth-order valence-corrected chi connectivity index (χ4v) is 3.64. The molecule has 0 aliphatic heterocycles. The molecular formula is C20H27NO5. The van der Waals surface area contributed by atoms with Crippen molar-refractivity contribution in [2.24, 2.45) is 11.8 Å². The van der Waals surface area contributed by atoms with Gasteiger partial charge in [0, 0.05) is 0 Å². The lowest BCUT2D eigenvalue weighted by Crippen LogP contribution is -2.41. The van der Waals surface area contributed by atoms with E-state index >= 15 is 0 Å². The Labute approximate surface area is 153 Å². The number of hydrogen-bond acceptors (Lipinski definition) is 4. The molecule has 6 nitrogen and oxygen atoms in total. The Morgan fingerprint density at radius 2 is 1.85 bits per heavy atom. The normalized spacial score (nSPS) is 20.9. The first-order chi connectivity index (χ1) is 12.3. The first-order valence-corrected chi connectivity index (χ1v) is 9.00. The van der Waals surface area contributed by atoms with Crippen LogP contribution in [0.2, 0.25) is 0 Å². The highest BCUT2D eigenvalue weighted by Gasteiger charge is 2.36. The number of nitrogens with one attached hydrogen (secondary N) is 1. The molecule has 1 aromatic carbocycles. The molecule has 0 radical (unpaired) electrons. The van der Waals surface area contributed by atoms with Gasteiger partial charge in [-0.25, -0.2) is 0 Å². The molecule has 26 heavy (non-hydrogen) atoms. The minimum absolute atomic E-state index is 0.0109. The maximum Gasteiger partial charge on any atom is 0.307 e. The molecule has 3 atom stereocenters. The zero-order chi connectivity index (χ0) is 19.3. The van der Waals surface area contributed by atoms with Gasteiger partial charge in [0.05, 0.1) is 31.4 Å². The number of rotatable bonds is 6. The number of carboxylic acids is 1. The molecular weight excluding hydrogens is 334 g/mol. The van der Waals surface area contributed by atoms with E-state index in [1.165, 1.54) is 7.11 Å². The zero-order valence-corrected chi connectivity index (χ0v) is 15.6. The van der Waals surface area contributed by atoms with Crippen LogP contribution in [0.4, 0.5) is 0 Å². The number of carbonyl (C=O) groups is 3. The van der Waals surface area contributed by atoms with Crippen molar-refractivity contribution < 1.29 is 24.2 Å². The van der Waals surface area contributed by atoms with Crippen LogP contribution in [0, 0.1) is 25.7 Å². The second-order valence-corrected chi connectivity index (χ2v) is 7.04. The van der Waals surface area contributed by atoms with Crippen LogP contribution in [0.15, 0.2) is 18.2 Å². The van der Waals surface area contributed by atoms with Crippen molar-refractivity contribution >= 4 is 17.8 Å². The predicted octanol–water partition coefficient (Wildman–Crippen LogP) is 2.91. The van der Waals surface area contributed by atoms with Crippen molar-refractivity contribution in [2.45, 2.75) is 52.0 Å². The lowest BCUT2D eigenvalue weighted by atomic mass is 9.78. The lowest BCUT2D eigenvalue weighted by Gasteiger charge is -2.30. The molecule has 2 rings (SSSR count). The van der Waals surface area contributed by atoms with E-state index in [1.54, 1.807) is 0 Å². The van der Waals surface area contributed by atoms with Gasteiger partial charge in [-0.3, -0.25) is 14.4 Å². The lowest BCUT2D eigenvalue weighted by molar-refractivity contribution is -0.149. The molecule has 0 saturated heterocycles. The molecule has 1 aliphatic carbocycles. The summed E-state index contributed by atoms with van der Waals surface area (Å²) in [5.41, 5.74) is 2.84. The Bertz CT molecular complexity index is 685. The number of benzene rings is 1. The van der Waals surface area contributed by atoms with Crippen molar-refractivity contribution in [1.29, 1.82) is 0 Å². The summed E-state index contributed by atoms with van der Waals surface area (Å²) in [6, 6.07) is 5.32. The van der Waals surface area contributed by atoms with Gasteiger partial charge in [-0.1, -0.05) is 36.6 Å². The van der Waals surface area contributed by atoms with Gasteiger partial charge in [-0.15, -0.1) is 0 Å². The average Bonchev–Trinajstić information content (AvgIpc) is 2.62. The summed E-state index contributed by atoms with van der Waals surface area (Å²) in [6.45, 7) is 3.87. The molecule has 2 N–H and O–H groups in total. The summed E-state index contributed by atoms with van der Waals surface area (Å²) in [5.74, 6) is -2.88. The molecule has 0 bridgehead atoms. The van der Waals surface area contributed by atoms with Crippen LogP contribution >= 0.6 is 0 Å². The topological polar surface area (TPSA) is 92.7 Å². The van der Waals surface area contributed by atoms with Crippen LogP contribution in [0.5, 0.6) is 0 Å². The first-order valence-electron chi connectivity index (χ1n) is 9.00. The van der Waals surface area contributed by atoms with E-state index < -0.39 is 29.8 Å². The highest BCUT2D eigenvalue weighted by atomic mass is 16.5. The average molecular weight is 361 g/mol. The van der Waals surface area contributed by atoms with Crippen LogP contribution < -0.4 is 5.32 Å². The third kappa shape index (κ3) is 4.84. The van der Waals surface area contributed by atoms with Crippen molar-refractivity contribution in [2.75, 3.05) is 7.11 Å². The molecule has 1 fully saturated rings. The summed E-state index contributed by atoms with van der Waals surface area (Å²) in [4.78, 5) is 36.2. The van der Waals surface area contributed by atoms with Crippen LogP contribution in [0.3, 0.4) is 0 Å². The Kier molecular flexibility index (Phi) is 6.77. The Morgan fingerprint density at radius 3 is 2.46 bits per heavy atom. The number of ether oxygens (including phenoxy) is 1. The molecule has 0 unspecified atom stereocenters. The fourth-order valence-electron chi connectivity index (χ4n) is 3.64. The van der Waals surface area contributed by atoms with E-state index in [2.05, 4.69) is 5.32 Å². The maximum atomic E-state index is 12.8. The highest BCUT2D eigenvalue weighted by Crippen LogP contribution is 2.32. The second kappa shape index (κ2) is 8.83. The SMILES string of the molecule is COC(=O)C[C@H](NC(=O)[C@H]1CCCC[C@H]1C(=O)O)c1cc(C)ccc1C. The number of carbonyl (C=O) groups excluding carboxylic acids is 2. The van der Waals surface area contributed by atoms with Crippen molar-refractivity contribution in [3.05, 3.63) is 34.9 Å². The standard InChI is InChI=1S/C20H27NO5/c1-12-8-9-13(2)16(10-12)17(11-18(22)26-3)21-19(23)14-6-4-5-7-15(14)20(24)25/h8-10,14-15,17H,4-7,11H2,1-3H3,(H,21,23)(H,24,25)/t14-,15+,17-/m0/s1. The summed E-state index contributed by atoms with van der Waals surface area (Å²) in [5, 5.41) is 12.3. The minimum Gasteiger partial charge on any atom is -0.481 e. The molecule has 1 aromatic rings. The predicted molar refractivity (Wildman–Crippen MR) is 96.5 cm³/mol. The quantitative estimate of drug-likeness (QED) is 0.760. The van der Waals surface area contributed by atoms with Gasteiger partial charge in [0.15, 0.2) is 0 Å². The molecule has 1 aliphatic rings. The van der Waals surface area contributed by atoms with Crippen molar-refractivity contribution in [1.82, 2.24) is 5.32 Å². The number of hydrogen-bond donors (Lipinski definition) is 2. The smallest absolute Gasteiger partial charge is 0.307 e. The Morgan fingerprint density at radius 1 is 1.19 bits per heavy atom. The van der Waals surface area contributed by atoms with Gasteiger partial charge in [-0.05, 0) is 37.8 Å². The zero-order valence-electron chi connectivity index (χ0n) is 15.6. The molecule has 0 spiro atoms. The largest absolute Gasteiger partial charge is 0.481 e. The molecule has 142 valence electrons. The first kappa shape index (κ1) is 19.9. The summed E-state index contributed by atoms with van der Waals surface area (Å²) in [7, 11) is 1.31. The van der Waals surface area contributed by atoms with Crippen molar-refractivity contribution in [3.63, 3.8) is 0 Å². The number of carboxylic acid groups (broad SMARTS) is 1. The monoisotopic (exact) mass is 361 g/mol. The van der Waals surface area contributed by atoms with E-state index in [4.69, 9.17) is 4.74 Å². The molecule has 1 saturated carbocycles. The third-order valence-corrected chi connectivity index (χ3v) is 5.15. The Balaban J connectivity index is 2.25. The summed E-state index contributed by atoms with van der Waals surface area (Å²) in [6.07, 6.45) is 2.74. The second-order valence-electron chi connectivity index (χ2n) is 7.04. The van der Waals surface area contributed by atoms with Gasteiger partial charge in [-0.2, -0.15) is 0 Å². The minimum atomic E-state index is -0.930. The molecule has 1 amide bonds. The van der Waals surface area contributed by atoms with E-state index in [0.29, 0.717) is 12.8 Å². The van der Waals surface area contributed by atoms with Crippen LogP contribution in [-0.4, -0.2) is 30.1 Å². The number of aliphatic carboxylic acids is 1. The molecule has 6 heteroatoms. The van der Waals surface area contributed by atoms with Crippen LogP contribution in [0.1, 0.15) is 54.8 Å². The molecule has 0 heterocycles. The van der Waals surface area contributed by atoms with Gasteiger partial charge >= 0.3 is 11.9 Å². The number of amides is 1. The molecule has 0 aromatic heterocycles. The highest BCUT2D eigenvalue weighted by molar-refractivity contribution is 5.85. The van der Waals surface area contributed by atoms with E-state index in [1.807, 2.05) is 32.0 Å². The van der Waals surface area contributed by atoms with E-state index in [-0.39, 0.29) is 12.3 Å². The van der Waals surface area contributed by atoms with Crippen LogP contribution in [0.25, 0.3) is 0 Å².